The molecule has 0 amide bonds. The first kappa shape index (κ1) is 14.6. The third kappa shape index (κ3) is 3.47. The number of nitrogens with zero attached hydrogens (tertiary/aromatic N) is 3. The third-order valence-corrected chi connectivity index (χ3v) is 4.02. The van der Waals surface area contributed by atoms with E-state index in [-0.39, 0.29) is 0 Å². The number of nitrogens with one attached hydrogen (secondary N) is 1. The predicted octanol–water partition coefficient (Wildman–Crippen LogP) is 2.87. The summed E-state index contributed by atoms with van der Waals surface area (Å²) < 4.78 is 5.27. The van der Waals surface area contributed by atoms with E-state index in [2.05, 4.69) is 26.3 Å². The van der Waals surface area contributed by atoms with Crippen LogP contribution >= 0.6 is 0 Å². The minimum Gasteiger partial charge on any atom is -0.497 e. The van der Waals surface area contributed by atoms with Crippen LogP contribution in [0.4, 0.5) is 11.5 Å². The Bertz CT molecular complexity index is 624. The van der Waals surface area contributed by atoms with Crippen molar-refractivity contribution in [3.63, 3.8) is 0 Å². The first-order valence-corrected chi connectivity index (χ1v) is 7.70. The number of methoxy groups -OCH3 is 1. The van der Waals surface area contributed by atoms with Gasteiger partial charge in [-0.25, -0.2) is 9.97 Å². The maximum Gasteiger partial charge on any atom is 0.132 e. The molecule has 0 bridgehead atoms. The monoisotopic (exact) mass is 298 g/mol. The summed E-state index contributed by atoms with van der Waals surface area (Å²) in [5, 5.41) is 3.60. The number of aromatic nitrogens is 2. The summed E-state index contributed by atoms with van der Waals surface area (Å²) in [6.45, 7) is 3.96. The zero-order valence-corrected chi connectivity index (χ0v) is 13.1. The Morgan fingerprint density at radius 2 is 2.05 bits per heavy atom. The van der Waals surface area contributed by atoms with Crippen molar-refractivity contribution in [1.82, 2.24) is 9.97 Å². The number of hydrogen-bond donors (Lipinski definition) is 1. The second-order valence-corrected chi connectivity index (χ2v) is 5.60. The molecule has 1 aliphatic rings. The topological polar surface area (TPSA) is 50.3 Å². The summed E-state index contributed by atoms with van der Waals surface area (Å²) in [4.78, 5) is 11.0. The third-order valence-electron chi connectivity index (χ3n) is 4.02. The maximum absolute atomic E-state index is 5.27. The second-order valence-electron chi connectivity index (χ2n) is 5.60. The molecule has 0 aliphatic carbocycles. The second kappa shape index (κ2) is 6.64. The molecule has 5 nitrogen and oxygen atoms in total. The molecule has 2 aromatic rings. The van der Waals surface area contributed by atoms with E-state index in [9.17, 15) is 0 Å². The van der Waals surface area contributed by atoms with E-state index < -0.39 is 0 Å². The molecule has 1 aliphatic heterocycles. The van der Waals surface area contributed by atoms with Crippen LogP contribution < -0.4 is 15.0 Å². The average Bonchev–Trinajstić information content (AvgIpc) is 2.56. The first-order chi connectivity index (χ1) is 10.7. The molecule has 1 aromatic heterocycles. The van der Waals surface area contributed by atoms with Crippen molar-refractivity contribution in [1.29, 1.82) is 0 Å². The van der Waals surface area contributed by atoms with E-state index >= 15 is 0 Å². The Labute approximate surface area is 131 Å². The Balaban J connectivity index is 1.57. The highest BCUT2D eigenvalue weighted by molar-refractivity contribution is 5.49. The van der Waals surface area contributed by atoms with Crippen LogP contribution in [0, 0.1) is 6.92 Å². The molecule has 1 N–H and O–H groups in total. The lowest BCUT2D eigenvalue weighted by molar-refractivity contribution is 0.415. The van der Waals surface area contributed by atoms with Crippen LogP contribution in [-0.4, -0.2) is 36.2 Å². The highest BCUT2D eigenvalue weighted by Gasteiger charge is 2.20. The normalized spacial score (nSPS) is 15.6. The number of anilines is 2. The van der Waals surface area contributed by atoms with Gasteiger partial charge in [0.25, 0.3) is 0 Å². The van der Waals surface area contributed by atoms with Crippen molar-refractivity contribution < 1.29 is 4.74 Å². The number of rotatable bonds is 4. The molecule has 0 spiro atoms. The molecule has 116 valence electrons. The molecule has 0 saturated carbocycles. The van der Waals surface area contributed by atoms with Gasteiger partial charge in [0.15, 0.2) is 0 Å². The lowest BCUT2D eigenvalue weighted by atomic mass is 10.0. The first-order valence-electron chi connectivity index (χ1n) is 7.70. The van der Waals surface area contributed by atoms with Gasteiger partial charge < -0.3 is 15.0 Å². The van der Waals surface area contributed by atoms with Gasteiger partial charge >= 0.3 is 0 Å². The zero-order valence-electron chi connectivity index (χ0n) is 13.1. The van der Waals surface area contributed by atoms with Gasteiger partial charge in [0, 0.05) is 37.1 Å². The van der Waals surface area contributed by atoms with Gasteiger partial charge in [-0.15, -0.1) is 0 Å². The SMILES string of the molecule is COc1cccc(NC2CCN(c3ccnc(C)n3)CC2)c1. The average molecular weight is 298 g/mol. The van der Waals surface area contributed by atoms with Crippen LogP contribution in [0.3, 0.4) is 0 Å². The summed E-state index contributed by atoms with van der Waals surface area (Å²) in [6, 6.07) is 10.6. The van der Waals surface area contributed by atoms with Gasteiger partial charge in [-0.05, 0) is 38.0 Å². The Morgan fingerprint density at radius 3 is 2.77 bits per heavy atom. The smallest absolute Gasteiger partial charge is 0.132 e. The number of ether oxygens (including phenoxy) is 1. The summed E-state index contributed by atoms with van der Waals surface area (Å²) in [5.74, 6) is 2.75. The van der Waals surface area contributed by atoms with Gasteiger partial charge in [-0.3, -0.25) is 0 Å². The molecule has 5 heteroatoms. The van der Waals surface area contributed by atoms with Crippen molar-refractivity contribution in [3.8, 4) is 5.75 Å². The van der Waals surface area contributed by atoms with Crippen LogP contribution in [0.5, 0.6) is 5.75 Å². The van der Waals surface area contributed by atoms with E-state index in [4.69, 9.17) is 4.74 Å². The highest BCUT2D eigenvalue weighted by atomic mass is 16.5. The molecule has 1 aromatic carbocycles. The standard InChI is InChI=1S/C17H22N4O/c1-13-18-9-6-17(19-13)21-10-7-14(8-11-21)20-15-4-3-5-16(12-15)22-2/h3-6,9,12,14,20H,7-8,10-11H2,1-2H3. The fourth-order valence-electron chi connectivity index (χ4n) is 2.82. The molecule has 22 heavy (non-hydrogen) atoms. The van der Waals surface area contributed by atoms with Crippen LogP contribution in [0.2, 0.25) is 0 Å². The fourth-order valence-corrected chi connectivity index (χ4v) is 2.82. The Kier molecular flexibility index (Phi) is 4.42. The summed E-state index contributed by atoms with van der Waals surface area (Å²) in [5.41, 5.74) is 1.12. The fraction of sp³-hybridized carbons (Fsp3) is 0.412. The molecular weight excluding hydrogens is 276 g/mol. The van der Waals surface area contributed by atoms with Crippen LogP contribution in [-0.2, 0) is 0 Å². The molecule has 1 saturated heterocycles. The van der Waals surface area contributed by atoms with E-state index in [1.807, 2.05) is 37.4 Å². The zero-order chi connectivity index (χ0) is 15.4. The van der Waals surface area contributed by atoms with Crippen molar-refractivity contribution in [2.45, 2.75) is 25.8 Å². The van der Waals surface area contributed by atoms with Gasteiger partial charge in [0.2, 0.25) is 0 Å². The number of hydrogen-bond acceptors (Lipinski definition) is 5. The molecular formula is C17H22N4O. The van der Waals surface area contributed by atoms with Crippen molar-refractivity contribution in [3.05, 3.63) is 42.4 Å². The quantitative estimate of drug-likeness (QED) is 0.940. The number of piperidine rings is 1. The molecule has 0 radical (unpaired) electrons. The predicted molar refractivity (Wildman–Crippen MR) is 88.6 cm³/mol. The molecule has 0 unspecified atom stereocenters. The minimum atomic E-state index is 0.492. The summed E-state index contributed by atoms with van der Waals surface area (Å²) >= 11 is 0. The minimum absolute atomic E-state index is 0.492. The van der Waals surface area contributed by atoms with E-state index in [1.165, 1.54) is 0 Å². The van der Waals surface area contributed by atoms with Crippen molar-refractivity contribution in [2.75, 3.05) is 30.4 Å². The summed E-state index contributed by atoms with van der Waals surface area (Å²) in [7, 11) is 1.70. The highest BCUT2D eigenvalue weighted by Crippen LogP contribution is 2.22. The molecule has 0 atom stereocenters. The molecule has 1 fully saturated rings. The number of aryl methyl sites for hydroxylation is 1. The lowest BCUT2D eigenvalue weighted by Gasteiger charge is -2.33. The van der Waals surface area contributed by atoms with E-state index in [1.54, 1.807) is 7.11 Å². The van der Waals surface area contributed by atoms with Gasteiger partial charge in [0.05, 0.1) is 7.11 Å². The van der Waals surface area contributed by atoms with Crippen molar-refractivity contribution >= 4 is 11.5 Å². The summed E-state index contributed by atoms with van der Waals surface area (Å²) in [6.07, 6.45) is 4.03. The maximum atomic E-state index is 5.27. The Hall–Kier alpha value is -2.30. The number of benzene rings is 1. The van der Waals surface area contributed by atoms with E-state index in [0.717, 1.165) is 49.0 Å². The van der Waals surface area contributed by atoms with E-state index in [0.29, 0.717) is 6.04 Å². The van der Waals surface area contributed by atoms with Crippen molar-refractivity contribution in [2.24, 2.45) is 0 Å². The lowest BCUT2D eigenvalue weighted by Crippen LogP contribution is -2.39. The van der Waals surface area contributed by atoms with Gasteiger partial charge in [-0.2, -0.15) is 0 Å². The van der Waals surface area contributed by atoms with Crippen LogP contribution in [0.25, 0.3) is 0 Å². The van der Waals surface area contributed by atoms with Crippen LogP contribution in [0.1, 0.15) is 18.7 Å². The Morgan fingerprint density at radius 1 is 1.23 bits per heavy atom. The molecule has 2 heterocycles. The van der Waals surface area contributed by atoms with Gasteiger partial charge in [0.1, 0.15) is 17.4 Å². The largest absolute Gasteiger partial charge is 0.497 e. The van der Waals surface area contributed by atoms with Gasteiger partial charge in [-0.1, -0.05) is 6.07 Å². The molecule has 3 rings (SSSR count). The van der Waals surface area contributed by atoms with Crippen LogP contribution in [0.15, 0.2) is 36.5 Å².